The summed E-state index contributed by atoms with van der Waals surface area (Å²) in [4.78, 5) is 2.11. The van der Waals surface area contributed by atoms with E-state index in [0.717, 1.165) is 19.5 Å². The number of anilines is 1. The summed E-state index contributed by atoms with van der Waals surface area (Å²) in [7, 11) is 0. The minimum Gasteiger partial charge on any atom is -0.389 e. The Morgan fingerprint density at radius 2 is 2.24 bits per heavy atom. The topological polar surface area (TPSA) is 23.5 Å². The smallest absolute Gasteiger partial charge is 0.146 e. The van der Waals surface area contributed by atoms with Crippen molar-refractivity contribution in [3.63, 3.8) is 0 Å². The average Bonchev–Trinajstić information content (AvgIpc) is 2.28. The molecule has 94 valence electrons. The molecule has 0 spiro atoms. The number of aliphatic hydroxyl groups is 1. The number of hydrogen-bond donors (Lipinski definition) is 1. The number of aliphatic hydroxyl groups excluding tert-OH is 1. The fourth-order valence-corrected chi connectivity index (χ4v) is 2.45. The molecule has 0 amide bonds. The third-order valence-corrected chi connectivity index (χ3v) is 3.45. The van der Waals surface area contributed by atoms with Crippen molar-refractivity contribution in [2.45, 2.75) is 32.8 Å². The van der Waals surface area contributed by atoms with E-state index in [1.807, 2.05) is 6.07 Å². The van der Waals surface area contributed by atoms with Crippen LogP contribution >= 0.6 is 0 Å². The molecule has 1 saturated heterocycles. The van der Waals surface area contributed by atoms with Crippen molar-refractivity contribution in [1.82, 2.24) is 0 Å². The summed E-state index contributed by atoms with van der Waals surface area (Å²) < 4.78 is 14.0. The number of halogens is 1. The summed E-state index contributed by atoms with van der Waals surface area (Å²) in [6.45, 7) is 5.70. The van der Waals surface area contributed by atoms with Crippen molar-refractivity contribution >= 4 is 5.69 Å². The van der Waals surface area contributed by atoms with Crippen molar-refractivity contribution in [2.24, 2.45) is 5.92 Å². The number of hydrogen-bond acceptors (Lipinski definition) is 2. The van der Waals surface area contributed by atoms with Crippen LogP contribution in [0.4, 0.5) is 10.1 Å². The second-order valence-corrected chi connectivity index (χ2v) is 5.08. The summed E-state index contributed by atoms with van der Waals surface area (Å²) in [5.41, 5.74) is 1.30. The van der Waals surface area contributed by atoms with Gasteiger partial charge in [-0.1, -0.05) is 13.0 Å². The molecule has 1 heterocycles. The second-order valence-electron chi connectivity index (χ2n) is 5.08. The molecule has 2 atom stereocenters. The predicted molar refractivity (Wildman–Crippen MR) is 67.6 cm³/mol. The van der Waals surface area contributed by atoms with E-state index in [0.29, 0.717) is 17.2 Å². The second kappa shape index (κ2) is 5.05. The first-order valence-corrected chi connectivity index (χ1v) is 6.30. The Morgan fingerprint density at radius 1 is 1.47 bits per heavy atom. The van der Waals surface area contributed by atoms with Gasteiger partial charge in [0, 0.05) is 13.1 Å². The molecule has 1 N–H and O–H groups in total. The Hall–Kier alpha value is -1.09. The molecule has 2 rings (SSSR count). The van der Waals surface area contributed by atoms with Gasteiger partial charge < -0.3 is 10.0 Å². The van der Waals surface area contributed by atoms with Gasteiger partial charge in [-0.25, -0.2) is 4.39 Å². The van der Waals surface area contributed by atoms with Gasteiger partial charge in [0.25, 0.3) is 0 Å². The molecule has 0 unspecified atom stereocenters. The molecule has 0 radical (unpaired) electrons. The van der Waals surface area contributed by atoms with Crippen LogP contribution < -0.4 is 4.90 Å². The van der Waals surface area contributed by atoms with Crippen LogP contribution in [0.2, 0.25) is 0 Å². The molecular formula is C14H20FNO. The van der Waals surface area contributed by atoms with Gasteiger partial charge in [-0.15, -0.1) is 0 Å². The van der Waals surface area contributed by atoms with Gasteiger partial charge in [-0.2, -0.15) is 0 Å². The summed E-state index contributed by atoms with van der Waals surface area (Å²) in [6, 6.07) is 5.04. The highest BCUT2D eigenvalue weighted by atomic mass is 19.1. The van der Waals surface area contributed by atoms with Crippen molar-refractivity contribution < 1.29 is 9.50 Å². The lowest BCUT2D eigenvalue weighted by Crippen LogP contribution is -2.34. The Balaban J connectivity index is 2.21. The standard InChI is InChI=1S/C14H20FNO/c1-10-4-3-7-16(9-10)14-6-5-12(11(2)17)8-13(14)15/h5-6,8,10-11,17H,3-4,7,9H2,1-2H3/t10-,11-/m0/s1. The maximum atomic E-state index is 14.0. The maximum absolute atomic E-state index is 14.0. The number of nitrogens with zero attached hydrogens (tertiary/aromatic N) is 1. The quantitative estimate of drug-likeness (QED) is 0.854. The van der Waals surface area contributed by atoms with Crippen molar-refractivity contribution in [2.75, 3.05) is 18.0 Å². The van der Waals surface area contributed by atoms with Gasteiger partial charge >= 0.3 is 0 Å². The van der Waals surface area contributed by atoms with Crippen LogP contribution in [-0.4, -0.2) is 18.2 Å². The zero-order valence-corrected chi connectivity index (χ0v) is 10.5. The summed E-state index contributed by atoms with van der Waals surface area (Å²) in [5.74, 6) is 0.400. The molecule has 1 aliphatic heterocycles. The van der Waals surface area contributed by atoms with E-state index in [4.69, 9.17) is 0 Å². The zero-order valence-electron chi connectivity index (χ0n) is 10.5. The molecule has 1 fully saturated rings. The summed E-state index contributed by atoms with van der Waals surface area (Å²) in [5, 5.41) is 9.41. The third-order valence-electron chi connectivity index (χ3n) is 3.45. The largest absolute Gasteiger partial charge is 0.389 e. The number of benzene rings is 1. The fraction of sp³-hybridized carbons (Fsp3) is 0.571. The summed E-state index contributed by atoms with van der Waals surface area (Å²) in [6.07, 6.45) is 1.74. The molecule has 0 aliphatic carbocycles. The van der Waals surface area contributed by atoms with E-state index in [1.165, 1.54) is 12.5 Å². The minimum atomic E-state index is -0.612. The molecule has 1 aromatic rings. The van der Waals surface area contributed by atoms with Crippen molar-refractivity contribution in [1.29, 1.82) is 0 Å². The van der Waals surface area contributed by atoms with Crippen LogP contribution in [0.1, 0.15) is 38.4 Å². The third kappa shape index (κ3) is 2.78. The lowest BCUT2D eigenvalue weighted by molar-refractivity contribution is 0.199. The van der Waals surface area contributed by atoms with Gasteiger partial charge in [0.15, 0.2) is 0 Å². The zero-order chi connectivity index (χ0) is 12.4. The highest BCUT2D eigenvalue weighted by Crippen LogP contribution is 2.27. The van der Waals surface area contributed by atoms with Crippen molar-refractivity contribution in [3.05, 3.63) is 29.6 Å². The first-order chi connectivity index (χ1) is 8.08. The molecule has 1 aromatic carbocycles. The van der Waals surface area contributed by atoms with Crippen molar-refractivity contribution in [3.8, 4) is 0 Å². The van der Waals surface area contributed by atoms with Gasteiger partial charge in [-0.05, 0) is 43.4 Å². The molecule has 0 saturated carbocycles. The van der Waals surface area contributed by atoms with Crippen LogP contribution in [0.15, 0.2) is 18.2 Å². The normalized spacial score (nSPS) is 22.6. The Kier molecular flexibility index (Phi) is 3.67. The lowest BCUT2D eigenvalue weighted by atomic mass is 9.99. The highest BCUT2D eigenvalue weighted by molar-refractivity contribution is 5.49. The Morgan fingerprint density at radius 3 is 2.82 bits per heavy atom. The van der Waals surface area contributed by atoms with Gasteiger partial charge in [0.2, 0.25) is 0 Å². The van der Waals surface area contributed by atoms with E-state index in [-0.39, 0.29) is 5.82 Å². The number of piperidine rings is 1. The fourth-order valence-electron chi connectivity index (χ4n) is 2.45. The van der Waals surface area contributed by atoms with Crippen LogP contribution in [0.25, 0.3) is 0 Å². The minimum absolute atomic E-state index is 0.225. The van der Waals surface area contributed by atoms with E-state index >= 15 is 0 Å². The molecular weight excluding hydrogens is 217 g/mol. The van der Waals surface area contributed by atoms with Crippen LogP contribution in [0.5, 0.6) is 0 Å². The van der Waals surface area contributed by atoms with E-state index in [2.05, 4.69) is 11.8 Å². The number of rotatable bonds is 2. The molecule has 2 nitrogen and oxygen atoms in total. The average molecular weight is 237 g/mol. The molecule has 17 heavy (non-hydrogen) atoms. The van der Waals surface area contributed by atoms with E-state index in [9.17, 15) is 9.50 Å². The maximum Gasteiger partial charge on any atom is 0.146 e. The Bertz CT molecular complexity index is 392. The van der Waals surface area contributed by atoms with Crippen LogP contribution in [-0.2, 0) is 0 Å². The molecule has 1 aliphatic rings. The van der Waals surface area contributed by atoms with Gasteiger partial charge in [-0.3, -0.25) is 0 Å². The first kappa shape index (κ1) is 12.4. The molecule has 0 aromatic heterocycles. The van der Waals surface area contributed by atoms with Gasteiger partial charge in [0.1, 0.15) is 5.82 Å². The van der Waals surface area contributed by atoms with E-state index < -0.39 is 6.10 Å². The highest BCUT2D eigenvalue weighted by Gasteiger charge is 2.19. The predicted octanol–water partition coefficient (Wildman–Crippen LogP) is 3.12. The summed E-state index contributed by atoms with van der Waals surface area (Å²) >= 11 is 0. The monoisotopic (exact) mass is 237 g/mol. The Labute approximate surface area is 102 Å². The van der Waals surface area contributed by atoms with Crippen LogP contribution in [0, 0.1) is 11.7 Å². The van der Waals surface area contributed by atoms with Crippen LogP contribution in [0.3, 0.4) is 0 Å². The molecule has 0 bridgehead atoms. The molecule has 3 heteroatoms. The SMILES string of the molecule is C[C@H]1CCCN(c2ccc([C@H](C)O)cc2F)C1. The van der Waals surface area contributed by atoms with E-state index in [1.54, 1.807) is 13.0 Å². The lowest BCUT2D eigenvalue weighted by Gasteiger charge is -2.33. The first-order valence-electron chi connectivity index (χ1n) is 6.30. The van der Waals surface area contributed by atoms with Gasteiger partial charge in [0.05, 0.1) is 11.8 Å².